The molecular weight excluding hydrogens is 370 g/mol. The van der Waals surface area contributed by atoms with Crippen LogP contribution >= 0.6 is 15.9 Å². The van der Waals surface area contributed by atoms with Crippen LogP contribution in [0.2, 0.25) is 0 Å². The molecule has 1 aliphatic heterocycles. The fourth-order valence-electron chi connectivity index (χ4n) is 2.69. The summed E-state index contributed by atoms with van der Waals surface area (Å²) >= 11 is 3.37. The number of carbonyl (C=O) groups is 2. The highest BCUT2D eigenvalue weighted by Crippen LogP contribution is 2.26. The van der Waals surface area contributed by atoms with E-state index in [4.69, 9.17) is 4.74 Å². The fourth-order valence-corrected chi connectivity index (χ4v) is 2.96. The molecule has 2 aromatic carbocycles. The van der Waals surface area contributed by atoms with Gasteiger partial charge in [-0.05, 0) is 36.8 Å². The van der Waals surface area contributed by atoms with E-state index in [0.717, 1.165) is 21.3 Å². The van der Waals surface area contributed by atoms with Crippen molar-refractivity contribution in [1.82, 2.24) is 0 Å². The Morgan fingerprint density at radius 3 is 2.50 bits per heavy atom. The number of rotatable bonds is 4. The van der Waals surface area contributed by atoms with E-state index in [9.17, 15) is 9.59 Å². The second kappa shape index (κ2) is 7.18. The standard InChI is InChI=1S/C19H18BrNO3/c1-13-2-8-17(9-3-13)21-11-15(10-18(21)22)19(23)24-12-14-4-6-16(20)7-5-14/h2-9,15H,10-12H2,1H3/t15-/m0/s1. The second-order valence-corrected chi connectivity index (χ2v) is 6.89. The summed E-state index contributed by atoms with van der Waals surface area (Å²) in [6.07, 6.45) is 0.201. The number of hydrogen-bond acceptors (Lipinski definition) is 3. The van der Waals surface area contributed by atoms with Crippen LogP contribution in [0.5, 0.6) is 0 Å². The van der Waals surface area contributed by atoms with Crippen molar-refractivity contribution in [3.05, 3.63) is 64.1 Å². The van der Waals surface area contributed by atoms with Gasteiger partial charge in [0.1, 0.15) is 6.61 Å². The average Bonchev–Trinajstić information content (AvgIpc) is 2.97. The van der Waals surface area contributed by atoms with Crippen molar-refractivity contribution in [2.45, 2.75) is 20.0 Å². The topological polar surface area (TPSA) is 46.6 Å². The Kier molecular flexibility index (Phi) is 5.00. The molecule has 0 unspecified atom stereocenters. The number of nitrogens with zero attached hydrogens (tertiary/aromatic N) is 1. The largest absolute Gasteiger partial charge is 0.461 e. The molecule has 0 bridgehead atoms. The predicted octanol–water partition coefficient (Wildman–Crippen LogP) is 3.85. The Hall–Kier alpha value is -2.14. The van der Waals surface area contributed by atoms with Crippen LogP contribution in [0.25, 0.3) is 0 Å². The zero-order valence-electron chi connectivity index (χ0n) is 13.4. The Morgan fingerprint density at radius 2 is 1.83 bits per heavy atom. The van der Waals surface area contributed by atoms with Crippen LogP contribution in [-0.4, -0.2) is 18.4 Å². The van der Waals surface area contributed by atoms with E-state index in [1.165, 1.54) is 0 Å². The first-order valence-corrected chi connectivity index (χ1v) is 8.60. The zero-order chi connectivity index (χ0) is 17.1. The maximum absolute atomic E-state index is 12.3. The number of carbonyl (C=O) groups excluding carboxylic acids is 2. The minimum Gasteiger partial charge on any atom is -0.461 e. The molecule has 0 aromatic heterocycles. The van der Waals surface area contributed by atoms with Gasteiger partial charge in [-0.2, -0.15) is 0 Å². The molecule has 0 aliphatic carbocycles. The van der Waals surface area contributed by atoms with Crippen molar-refractivity contribution in [1.29, 1.82) is 0 Å². The van der Waals surface area contributed by atoms with Crippen LogP contribution in [0.4, 0.5) is 5.69 Å². The molecule has 24 heavy (non-hydrogen) atoms. The molecule has 1 aliphatic rings. The molecular formula is C19H18BrNO3. The predicted molar refractivity (Wildman–Crippen MR) is 95.6 cm³/mol. The molecule has 1 fully saturated rings. The number of anilines is 1. The Balaban J connectivity index is 1.59. The van der Waals surface area contributed by atoms with E-state index in [1.807, 2.05) is 55.5 Å². The highest BCUT2D eigenvalue weighted by molar-refractivity contribution is 9.10. The van der Waals surface area contributed by atoms with E-state index < -0.39 is 5.92 Å². The summed E-state index contributed by atoms with van der Waals surface area (Å²) in [7, 11) is 0. The normalized spacial score (nSPS) is 17.2. The zero-order valence-corrected chi connectivity index (χ0v) is 15.0. The number of benzene rings is 2. The number of ether oxygens (including phenoxy) is 1. The van der Waals surface area contributed by atoms with Gasteiger partial charge >= 0.3 is 5.97 Å². The summed E-state index contributed by atoms with van der Waals surface area (Å²) in [5, 5.41) is 0. The Bertz CT molecular complexity index is 740. The van der Waals surface area contributed by atoms with E-state index in [-0.39, 0.29) is 24.9 Å². The van der Waals surface area contributed by atoms with Gasteiger partial charge in [-0.1, -0.05) is 45.8 Å². The number of halogens is 1. The first-order chi connectivity index (χ1) is 11.5. The molecule has 0 saturated carbocycles. The second-order valence-electron chi connectivity index (χ2n) is 5.98. The summed E-state index contributed by atoms with van der Waals surface area (Å²) in [5.41, 5.74) is 2.89. The lowest BCUT2D eigenvalue weighted by molar-refractivity contribution is -0.149. The lowest BCUT2D eigenvalue weighted by atomic mass is 10.1. The van der Waals surface area contributed by atoms with Crippen LogP contribution in [0, 0.1) is 12.8 Å². The van der Waals surface area contributed by atoms with Gasteiger partial charge in [-0.25, -0.2) is 0 Å². The Labute approximate surface area is 149 Å². The lowest BCUT2D eigenvalue weighted by Crippen LogP contribution is -2.26. The van der Waals surface area contributed by atoms with Crippen molar-refractivity contribution < 1.29 is 14.3 Å². The summed E-state index contributed by atoms with van der Waals surface area (Å²) in [5.74, 6) is -0.764. The van der Waals surface area contributed by atoms with Crippen molar-refractivity contribution in [2.75, 3.05) is 11.4 Å². The number of amides is 1. The van der Waals surface area contributed by atoms with Gasteiger partial charge in [-0.15, -0.1) is 0 Å². The summed E-state index contributed by atoms with van der Waals surface area (Å²) in [6.45, 7) is 2.60. The Morgan fingerprint density at radius 1 is 1.17 bits per heavy atom. The molecule has 5 heteroatoms. The molecule has 1 heterocycles. The maximum atomic E-state index is 12.3. The van der Waals surface area contributed by atoms with Crippen LogP contribution in [-0.2, 0) is 20.9 Å². The van der Waals surface area contributed by atoms with Crippen molar-refractivity contribution in [3.63, 3.8) is 0 Å². The third kappa shape index (κ3) is 3.85. The quantitative estimate of drug-likeness (QED) is 0.748. The first kappa shape index (κ1) is 16.7. The highest BCUT2D eigenvalue weighted by Gasteiger charge is 2.36. The van der Waals surface area contributed by atoms with Gasteiger partial charge in [0.15, 0.2) is 0 Å². The average molecular weight is 388 g/mol. The molecule has 1 saturated heterocycles. The van der Waals surface area contributed by atoms with Crippen LogP contribution < -0.4 is 4.90 Å². The smallest absolute Gasteiger partial charge is 0.311 e. The molecule has 1 atom stereocenters. The highest BCUT2D eigenvalue weighted by atomic mass is 79.9. The van der Waals surface area contributed by atoms with Gasteiger partial charge < -0.3 is 9.64 Å². The van der Waals surface area contributed by atoms with Crippen molar-refractivity contribution in [3.8, 4) is 0 Å². The van der Waals surface area contributed by atoms with Gasteiger partial charge in [0.05, 0.1) is 5.92 Å². The number of hydrogen-bond donors (Lipinski definition) is 0. The summed E-state index contributed by atoms with van der Waals surface area (Å²) in [4.78, 5) is 26.1. The van der Waals surface area contributed by atoms with Crippen molar-refractivity contribution >= 4 is 33.5 Å². The van der Waals surface area contributed by atoms with E-state index in [0.29, 0.717) is 6.54 Å². The fraction of sp³-hybridized carbons (Fsp3) is 0.263. The molecule has 124 valence electrons. The van der Waals surface area contributed by atoms with E-state index in [2.05, 4.69) is 15.9 Å². The molecule has 0 N–H and O–H groups in total. The molecule has 2 aromatic rings. The first-order valence-electron chi connectivity index (χ1n) is 7.81. The number of esters is 1. The third-order valence-corrected chi connectivity index (χ3v) is 4.63. The SMILES string of the molecule is Cc1ccc(N2C[C@@H](C(=O)OCc3ccc(Br)cc3)CC2=O)cc1. The number of aryl methyl sites for hydroxylation is 1. The van der Waals surface area contributed by atoms with Gasteiger partial charge in [0, 0.05) is 23.1 Å². The molecule has 3 rings (SSSR count). The van der Waals surface area contributed by atoms with Gasteiger partial charge in [0.2, 0.25) is 5.91 Å². The maximum Gasteiger partial charge on any atom is 0.311 e. The van der Waals surface area contributed by atoms with E-state index >= 15 is 0 Å². The monoisotopic (exact) mass is 387 g/mol. The van der Waals surface area contributed by atoms with E-state index in [1.54, 1.807) is 4.90 Å². The summed E-state index contributed by atoms with van der Waals surface area (Å²) < 4.78 is 6.35. The third-order valence-electron chi connectivity index (χ3n) is 4.10. The van der Waals surface area contributed by atoms with Crippen LogP contribution in [0.1, 0.15) is 17.5 Å². The van der Waals surface area contributed by atoms with Crippen molar-refractivity contribution in [2.24, 2.45) is 5.92 Å². The molecule has 0 radical (unpaired) electrons. The van der Waals surface area contributed by atoms with Gasteiger partial charge in [0.25, 0.3) is 0 Å². The van der Waals surface area contributed by atoms with Gasteiger partial charge in [-0.3, -0.25) is 9.59 Å². The van der Waals surface area contributed by atoms with Crippen LogP contribution in [0.15, 0.2) is 53.0 Å². The van der Waals surface area contributed by atoms with Crippen LogP contribution in [0.3, 0.4) is 0 Å². The molecule has 1 amide bonds. The minimum absolute atomic E-state index is 0.0376. The minimum atomic E-state index is -0.408. The lowest BCUT2D eigenvalue weighted by Gasteiger charge is -2.16. The summed E-state index contributed by atoms with van der Waals surface area (Å²) in [6, 6.07) is 15.3. The molecule has 4 nitrogen and oxygen atoms in total. The molecule has 0 spiro atoms.